The zero-order chi connectivity index (χ0) is 17.3. The number of rotatable bonds is 0. The quantitative estimate of drug-likeness (QED) is 0.468. The largest absolute Gasteiger partial charge is 0.391 e. The highest BCUT2D eigenvalue weighted by atomic mass is 32.1. The fourth-order valence-corrected chi connectivity index (χ4v) is 7.80. The van der Waals surface area contributed by atoms with Crippen LogP contribution in [-0.2, 0) is 0 Å². The predicted octanol–water partition coefficient (Wildman–Crippen LogP) is 6.51. The van der Waals surface area contributed by atoms with Crippen LogP contribution in [0.5, 0.6) is 0 Å². The highest BCUT2D eigenvalue weighted by Gasteiger charge is 2.60. The Morgan fingerprint density at radius 3 is 2.25 bits per heavy atom. The molecule has 0 amide bonds. The van der Waals surface area contributed by atoms with Crippen LogP contribution >= 0.6 is 12.6 Å². The summed E-state index contributed by atoms with van der Waals surface area (Å²) in [4.78, 5) is 0. The fraction of sp³-hybridized carbons (Fsp3) is 1.00. The number of alkyl halides is 3. The number of fused-ring (bicyclic) bond motifs is 5. The predicted molar refractivity (Wildman–Crippen MR) is 94.0 cm³/mol. The lowest BCUT2D eigenvalue weighted by Crippen LogP contribution is -2.51. The molecule has 0 N–H and O–H groups in total. The van der Waals surface area contributed by atoms with Crippen LogP contribution in [0, 0.1) is 40.9 Å². The summed E-state index contributed by atoms with van der Waals surface area (Å²) in [6.07, 6.45) is 4.75. The van der Waals surface area contributed by atoms with E-state index in [0.717, 1.165) is 24.7 Å². The van der Waals surface area contributed by atoms with Crippen LogP contribution in [0.1, 0.15) is 71.6 Å². The molecule has 4 fully saturated rings. The van der Waals surface area contributed by atoms with Gasteiger partial charge < -0.3 is 0 Å². The van der Waals surface area contributed by atoms with E-state index in [4.69, 9.17) is 12.6 Å². The second-order valence-corrected chi connectivity index (χ2v) is 10.7. The summed E-state index contributed by atoms with van der Waals surface area (Å²) >= 11 is 5.02. The summed E-state index contributed by atoms with van der Waals surface area (Å²) in [5, 5.41) is 0. The van der Waals surface area contributed by atoms with E-state index in [1.54, 1.807) is 0 Å². The molecule has 4 aliphatic carbocycles. The Kier molecular flexibility index (Phi) is 4.07. The van der Waals surface area contributed by atoms with Crippen molar-refractivity contribution in [2.45, 2.75) is 82.6 Å². The molecule has 24 heavy (non-hydrogen) atoms. The van der Waals surface area contributed by atoms with Crippen LogP contribution in [0.3, 0.4) is 0 Å². The van der Waals surface area contributed by atoms with E-state index in [0.29, 0.717) is 36.0 Å². The molecular weight excluding hydrogens is 329 g/mol. The van der Waals surface area contributed by atoms with Gasteiger partial charge in [0.2, 0.25) is 0 Å². The minimum atomic E-state index is -3.98. The Bertz CT molecular complexity index is 500. The Hall–Kier alpha value is 0.140. The minimum absolute atomic E-state index is 0.132. The molecule has 0 nitrogen and oxygen atoms in total. The van der Waals surface area contributed by atoms with Crippen molar-refractivity contribution in [1.82, 2.24) is 0 Å². The molecule has 138 valence electrons. The van der Waals surface area contributed by atoms with Crippen molar-refractivity contribution in [2.24, 2.45) is 40.9 Å². The minimum Gasteiger partial charge on any atom is -0.172 e. The van der Waals surface area contributed by atoms with Gasteiger partial charge in [-0.15, -0.1) is 0 Å². The van der Waals surface area contributed by atoms with Crippen LogP contribution in [-0.4, -0.2) is 10.9 Å². The van der Waals surface area contributed by atoms with Crippen LogP contribution in [0.25, 0.3) is 0 Å². The molecule has 0 aromatic heterocycles. The lowest BCUT2D eigenvalue weighted by atomic mass is 9.49. The van der Waals surface area contributed by atoms with Gasteiger partial charge in [0, 0.05) is 4.75 Å². The number of hydrogen-bond acceptors (Lipinski definition) is 1. The van der Waals surface area contributed by atoms with Gasteiger partial charge in [0.05, 0.1) is 5.92 Å². The first kappa shape index (κ1) is 17.5. The second-order valence-electron chi connectivity index (χ2n) is 9.76. The maximum absolute atomic E-state index is 13.1. The molecule has 4 rings (SSSR count). The molecule has 0 spiro atoms. The standard InChI is InChI=1S/C20H31F3S/c1-18-9-7-15-14-6-4-13(20(21,22)23)11-12(14)3-5-16(15)17(18)8-10-19(18,2)24/h12-17,24H,3-11H2,1-2H3. The molecule has 0 heterocycles. The van der Waals surface area contributed by atoms with E-state index in [-0.39, 0.29) is 4.75 Å². The van der Waals surface area contributed by atoms with Gasteiger partial charge in [0.1, 0.15) is 0 Å². The fourth-order valence-electron chi connectivity index (χ4n) is 7.39. The average molecular weight is 361 g/mol. The first-order chi connectivity index (χ1) is 11.1. The first-order valence-corrected chi connectivity index (χ1v) is 10.4. The van der Waals surface area contributed by atoms with Gasteiger partial charge >= 0.3 is 6.18 Å². The molecule has 4 aliphatic rings. The highest BCUT2D eigenvalue weighted by Crippen LogP contribution is 2.67. The van der Waals surface area contributed by atoms with E-state index in [1.165, 1.54) is 32.1 Å². The zero-order valence-electron chi connectivity index (χ0n) is 14.9. The number of halogens is 3. The van der Waals surface area contributed by atoms with Gasteiger partial charge in [0.25, 0.3) is 0 Å². The molecule has 4 saturated carbocycles. The molecule has 0 aliphatic heterocycles. The lowest BCUT2D eigenvalue weighted by Gasteiger charge is -2.57. The van der Waals surface area contributed by atoms with Crippen LogP contribution < -0.4 is 0 Å². The molecule has 0 radical (unpaired) electrons. The molecule has 8 atom stereocenters. The molecule has 0 saturated heterocycles. The molecule has 8 unspecified atom stereocenters. The SMILES string of the molecule is CC1(S)CCC2C3CCC4CC(C(F)(F)F)CCC4C3CCC21C. The number of thiol groups is 1. The zero-order valence-corrected chi connectivity index (χ0v) is 15.8. The van der Waals surface area contributed by atoms with Crippen molar-refractivity contribution >= 4 is 12.6 Å². The third-order valence-electron chi connectivity index (χ3n) is 8.98. The van der Waals surface area contributed by atoms with Gasteiger partial charge in [-0.25, -0.2) is 0 Å². The third-order valence-corrected chi connectivity index (χ3v) is 9.71. The third kappa shape index (κ3) is 2.48. The Balaban J connectivity index is 1.52. The number of hydrogen-bond donors (Lipinski definition) is 1. The summed E-state index contributed by atoms with van der Waals surface area (Å²) in [7, 11) is 0. The van der Waals surface area contributed by atoms with E-state index < -0.39 is 12.1 Å². The summed E-state index contributed by atoms with van der Waals surface area (Å²) < 4.78 is 39.5. The van der Waals surface area contributed by atoms with Crippen molar-refractivity contribution < 1.29 is 13.2 Å². The van der Waals surface area contributed by atoms with Gasteiger partial charge in [-0.2, -0.15) is 25.8 Å². The average Bonchev–Trinajstić information content (AvgIpc) is 2.76. The van der Waals surface area contributed by atoms with Crippen molar-refractivity contribution in [3.05, 3.63) is 0 Å². The van der Waals surface area contributed by atoms with Crippen molar-refractivity contribution in [3.63, 3.8) is 0 Å². The van der Waals surface area contributed by atoms with E-state index in [1.807, 2.05) is 0 Å². The first-order valence-electron chi connectivity index (χ1n) is 9.92. The van der Waals surface area contributed by atoms with E-state index in [9.17, 15) is 13.2 Å². The second kappa shape index (κ2) is 5.57. The topological polar surface area (TPSA) is 0 Å². The van der Waals surface area contributed by atoms with Crippen LogP contribution in [0.4, 0.5) is 13.2 Å². The monoisotopic (exact) mass is 360 g/mol. The summed E-state index contributed by atoms with van der Waals surface area (Å²) in [5.74, 6) is 2.06. The van der Waals surface area contributed by atoms with Crippen LogP contribution in [0.15, 0.2) is 0 Å². The Morgan fingerprint density at radius 2 is 1.54 bits per heavy atom. The van der Waals surface area contributed by atoms with Crippen molar-refractivity contribution in [1.29, 1.82) is 0 Å². The molecule has 0 bridgehead atoms. The van der Waals surface area contributed by atoms with Crippen molar-refractivity contribution in [2.75, 3.05) is 0 Å². The van der Waals surface area contributed by atoms with E-state index >= 15 is 0 Å². The molecule has 4 heteroatoms. The normalized spacial score (nSPS) is 54.8. The van der Waals surface area contributed by atoms with Gasteiger partial charge in [-0.3, -0.25) is 0 Å². The maximum atomic E-state index is 13.1. The van der Waals surface area contributed by atoms with E-state index in [2.05, 4.69) is 13.8 Å². The lowest BCUT2D eigenvalue weighted by molar-refractivity contribution is -0.196. The molecular formula is C20H31F3S. The van der Waals surface area contributed by atoms with Gasteiger partial charge in [-0.1, -0.05) is 13.8 Å². The summed E-state index contributed by atoms with van der Waals surface area (Å²) in [5.41, 5.74) is 0.327. The van der Waals surface area contributed by atoms with Crippen LogP contribution in [0.2, 0.25) is 0 Å². The van der Waals surface area contributed by atoms with Gasteiger partial charge in [0.15, 0.2) is 0 Å². The molecule has 0 aromatic carbocycles. The van der Waals surface area contributed by atoms with Gasteiger partial charge in [-0.05, 0) is 92.8 Å². The highest BCUT2D eigenvalue weighted by molar-refractivity contribution is 7.81. The Labute approximate surface area is 149 Å². The maximum Gasteiger partial charge on any atom is 0.391 e. The molecule has 0 aromatic rings. The van der Waals surface area contributed by atoms with Crippen molar-refractivity contribution in [3.8, 4) is 0 Å². The summed E-state index contributed by atoms with van der Waals surface area (Å²) in [6, 6.07) is 0. The Morgan fingerprint density at radius 1 is 0.833 bits per heavy atom. The summed E-state index contributed by atoms with van der Waals surface area (Å²) in [6.45, 7) is 4.76. The smallest absolute Gasteiger partial charge is 0.172 e.